The fourth-order valence-corrected chi connectivity index (χ4v) is 2.13. The van der Waals surface area contributed by atoms with Gasteiger partial charge in [-0.05, 0) is 75.3 Å². The van der Waals surface area contributed by atoms with Crippen molar-refractivity contribution in [3.8, 4) is 0 Å². The van der Waals surface area contributed by atoms with Gasteiger partial charge in [0.25, 0.3) is 0 Å². The van der Waals surface area contributed by atoms with Crippen LogP contribution in [0.3, 0.4) is 0 Å². The molecule has 10 N–H and O–H groups in total. The van der Waals surface area contributed by atoms with Crippen LogP contribution in [0.4, 0.5) is 0 Å². The van der Waals surface area contributed by atoms with Crippen molar-refractivity contribution >= 4 is 64.0 Å². The summed E-state index contributed by atoms with van der Waals surface area (Å²) in [5.41, 5.74) is 10.4. The van der Waals surface area contributed by atoms with Gasteiger partial charge in [0.1, 0.15) is 12.1 Å². The van der Waals surface area contributed by atoms with Crippen molar-refractivity contribution in [2.24, 2.45) is 16.5 Å². The molecule has 0 aromatic carbocycles. The SMILES string of the molecule is CN=C=S.CNC(=S)NCCCCC(NC(=S)NC)C(=O)O.NCCCCC(N)C(=O)O. The van der Waals surface area contributed by atoms with Crippen molar-refractivity contribution in [3.05, 3.63) is 0 Å². The molecule has 0 aromatic rings. The van der Waals surface area contributed by atoms with Gasteiger partial charge in [-0.2, -0.15) is 0 Å². The van der Waals surface area contributed by atoms with E-state index in [2.05, 4.69) is 43.6 Å². The lowest BCUT2D eigenvalue weighted by Gasteiger charge is -2.16. The van der Waals surface area contributed by atoms with E-state index in [1.807, 2.05) is 0 Å². The summed E-state index contributed by atoms with van der Waals surface area (Å²) in [6.07, 6.45) is 4.30. The third kappa shape index (κ3) is 26.1. The molecule has 0 rings (SSSR count). The summed E-state index contributed by atoms with van der Waals surface area (Å²) in [4.78, 5) is 24.4. The van der Waals surface area contributed by atoms with Gasteiger partial charge in [-0.15, -0.1) is 0 Å². The van der Waals surface area contributed by atoms with Crippen LogP contribution in [0.2, 0.25) is 0 Å². The second-order valence-corrected chi connectivity index (χ2v) is 7.16. The lowest BCUT2D eigenvalue weighted by Crippen LogP contribution is -2.44. The van der Waals surface area contributed by atoms with Crippen LogP contribution in [0, 0.1) is 0 Å². The second kappa shape index (κ2) is 25.3. The van der Waals surface area contributed by atoms with Crippen molar-refractivity contribution in [3.63, 3.8) is 0 Å². The van der Waals surface area contributed by atoms with Crippen molar-refractivity contribution < 1.29 is 19.8 Å². The fraction of sp³-hybridized carbons (Fsp3) is 0.722. The first-order chi connectivity index (χ1) is 15.1. The van der Waals surface area contributed by atoms with Gasteiger partial charge in [0.15, 0.2) is 10.2 Å². The zero-order valence-corrected chi connectivity index (χ0v) is 21.3. The minimum atomic E-state index is -0.933. The minimum absolute atomic E-state index is 0.344. The highest BCUT2D eigenvalue weighted by atomic mass is 32.1. The standard InChI is InChI=1S/C10H20N4O2S2.C6H14N2O2.C2H3NS/c1-11-9(17)13-6-4-3-5-7(8(15)16)14-10(18)12-2;7-4-2-1-3-5(8)6(9)10;1-3-2-4/h7H,3-6H2,1-2H3,(H,15,16)(H2,11,13,17)(H2,12,14,18);5H,1-4,7-8H2,(H,9,10);1H3. The third-order valence-electron chi connectivity index (χ3n) is 3.64. The van der Waals surface area contributed by atoms with Crippen LogP contribution in [-0.4, -0.2) is 83.9 Å². The summed E-state index contributed by atoms with van der Waals surface area (Å²) in [5.74, 6) is -1.83. The Morgan fingerprint density at radius 1 is 1.00 bits per heavy atom. The molecule has 0 aliphatic rings. The monoisotopic (exact) mass is 511 g/mol. The van der Waals surface area contributed by atoms with Crippen LogP contribution < -0.4 is 32.7 Å². The highest BCUT2D eigenvalue weighted by Crippen LogP contribution is 2.01. The summed E-state index contributed by atoms with van der Waals surface area (Å²) in [7, 11) is 4.99. The number of thiocarbonyl (C=S) groups is 3. The minimum Gasteiger partial charge on any atom is -0.480 e. The summed E-state index contributed by atoms with van der Waals surface area (Å²) < 4.78 is 0. The smallest absolute Gasteiger partial charge is 0.326 e. The third-order valence-corrected chi connectivity index (χ3v) is 4.49. The molecule has 0 bridgehead atoms. The lowest BCUT2D eigenvalue weighted by atomic mass is 10.1. The number of hydrogen-bond acceptors (Lipinski definition) is 8. The van der Waals surface area contributed by atoms with Crippen LogP contribution in [0.5, 0.6) is 0 Å². The molecule has 0 aliphatic heterocycles. The first-order valence-electron chi connectivity index (χ1n) is 9.92. The van der Waals surface area contributed by atoms with Gasteiger partial charge < -0.3 is 42.9 Å². The summed E-state index contributed by atoms with van der Waals surface area (Å²) in [6.45, 7) is 1.33. The van der Waals surface area contributed by atoms with E-state index in [1.54, 1.807) is 21.1 Å². The summed E-state index contributed by atoms with van der Waals surface area (Å²) in [6, 6.07) is -1.37. The van der Waals surface area contributed by atoms with Crippen LogP contribution >= 0.6 is 36.7 Å². The number of unbranched alkanes of at least 4 members (excludes halogenated alkanes) is 2. The van der Waals surface area contributed by atoms with E-state index in [-0.39, 0.29) is 0 Å². The number of hydrogen-bond donors (Lipinski definition) is 8. The summed E-state index contributed by atoms with van der Waals surface area (Å²) >= 11 is 13.9. The van der Waals surface area contributed by atoms with Gasteiger partial charge in [0.2, 0.25) is 0 Å². The van der Waals surface area contributed by atoms with Crippen molar-refractivity contribution in [2.45, 2.75) is 50.6 Å². The van der Waals surface area contributed by atoms with Gasteiger partial charge in [0, 0.05) is 27.7 Å². The van der Waals surface area contributed by atoms with E-state index in [0.29, 0.717) is 29.6 Å². The largest absolute Gasteiger partial charge is 0.480 e. The number of carboxylic acid groups (broad SMARTS) is 2. The number of aliphatic carboxylic acids is 2. The Bertz CT molecular complexity index is 591. The number of carbonyl (C=O) groups is 2. The van der Waals surface area contributed by atoms with E-state index in [4.69, 9.17) is 46.1 Å². The fourth-order valence-electron chi connectivity index (χ4n) is 1.88. The van der Waals surface area contributed by atoms with Gasteiger partial charge in [0.05, 0.1) is 5.16 Å². The lowest BCUT2D eigenvalue weighted by molar-refractivity contribution is -0.140. The zero-order chi connectivity index (χ0) is 25.4. The van der Waals surface area contributed by atoms with Crippen LogP contribution in [-0.2, 0) is 9.59 Å². The quantitative estimate of drug-likeness (QED) is 0.0998. The Hall–Kier alpha value is -1.96. The first-order valence-corrected chi connectivity index (χ1v) is 11.1. The van der Waals surface area contributed by atoms with E-state index >= 15 is 0 Å². The Morgan fingerprint density at radius 2 is 1.53 bits per heavy atom. The molecule has 0 saturated carbocycles. The summed E-state index contributed by atoms with van der Waals surface area (Å²) in [5, 5.41) is 31.6. The molecular formula is C18H37N7O4S3. The predicted molar refractivity (Wildman–Crippen MR) is 139 cm³/mol. The second-order valence-electron chi connectivity index (χ2n) is 6.16. The van der Waals surface area contributed by atoms with Crippen LogP contribution in [0.1, 0.15) is 38.5 Å². The number of rotatable bonds is 12. The molecule has 0 spiro atoms. The Labute approximate surface area is 206 Å². The maximum Gasteiger partial charge on any atom is 0.326 e. The number of isothiocyanates is 1. The van der Waals surface area contributed by atoms with E-state index in [1.165, 1.54) is 0 Å². The maximum atomic E-state index is 11.0. The normalized spacial score (nSPS) is 10.9. The first kappa shape index (κ1) is 34.6. The van der Waals surface area contributed by atoms with E-state index in [9.17, 15) is 9.59 Å². The molecule has 0 saturated heterocycles. The molecule has 14 heteroatoms. The highest BCUT2D eigenvalue weighted by Gasteiger charge is 2.17. The molecule has 0 amide bonds. The average molecular weight is 512 g/mol. The van der Waals surface area contributed by atoms with Crippen LogP contribution in [0.25, 0.3) is 0 Å². The molecule has 186 valence electrons. The average Bonchev–Trinajstić information content (AvgIpc) is 2.77. The molecule has 0 aliphatic carbocycles. The number of nitrogens with two attached hydrogens (primary N) is 2. The van der Waals surface area contributed by atoms with Gasteiger partial charge in [-0.25, -0.2) is 9.79 Å². The van der Waals surface area contributed by atoms with Gasteiger partial charge in [-0.3, -0.25) is 4.79 Å². The Morgan fingerprint density at radius 3 is 1.94 bits per heavy atom. The molecule has 2 unspecified atom stereocenters. The predicted octanol–water partition coefficient (Wildman–Crippen LogP) is 0.0440. The maximum absolute atomic E-state index is 11.0. The molecule has 0 aromatic heterocycles. The van der Waals surface area contributed by atoms with Crippen LogP contribution in [0.15, 0.2) is 4.99 Å². The number of nitrogens with zero attached hydrogens (tertiary/aromatic N) is 1. The number of carboxylic acids is 2. The molecule has 0 heterocycles. The van der Waals surface area contributed by atoms with Gasteiger partial charge in [-0.1, -0.05) is 6.42 Å². The molecule has 32 heavy (non-hydrogen) atoms. The molecule has 11 nitrogen and oxygen atoms in total. The molecule has 2 atom stereocenters. The Balaban J connectivity index is -0.000000502. The zero-order valence-electron chi connectivity index (χ0n) is 18.8. The highest BCUT2D eigenvalue weighted by molar-refractivity contribution is 7.80. The Kier molecular flexibility index (Phi) is 27.4. The van der Waals surface area contributed by atoms with Crippen molar-refractivity contribution in [2.75, 3.05) is 34.2 Å². The van der Waals surface area contributed by atoms with Crippen molar-refractivity contribution in [1.82, 2.24) is 21.3 Å². The number of nitrogens with one attached hydrogen (secondary N) is 4. The van der Waals surface area contributed by atoms with E-state index < -0.39 is 24.0 Å². The molecule has 0 fully saturated rings. The molecule has 0 radical (unpaired) electrons. The topological polar surface area (TPSA) is 187 Å². The number of aliphatic imine (C=N–C) groups is 1. The van der Waals surface area contributed by atoms with Gasteiger partial charge >= 0.3 is 11.9 Å². The van der Waals surface area contributed by atoms with E-state index in [0.717, 1.165) is 32.2 Å². The van der Waals surface area contributed by atoms with Crippen molar-refractivity contribution in [1.29, 1.82) is 0 Å². The molecular weight excluding hydrogens is 474 g/mol.